The number of benzene rings is 2. The van der Waals surface area contributed by atoms with Crippen LogP contribution in [0.3, 0.4) is 0 Å². The fourth-order valence-electron chi connectivity index (χ4n) is 2.58. The molecule has 0 aliphatic carbocycles. The Labute approximate surface area is 130 Å². The summed E-state index contributed by atoms with van der Waals surface area (Å²) in [5.41, 5.74) is 0.954. The van der Waals surface area contributed by atoms with Gasteiger partial charge >= 0.3 is 5.97 Å². The van der Waals surface area contributed by atoms with Crippen LogP contribution in [0.15, 0.2) is 30.3 Å². The van der Waals surface area contributed by atoms with Crippen LogP contribution in [0.2, 0.25) is 0 Å². The maximum atomic E-state index is 12.4. The fourth-order valence-corrected chi connectivity index (χ4v) is 2.58. The van der Waals surface area contributed by atoms with E-state index < -0.39 is 17.8 Å². The monoisotopic (exact) mass is 312 g/mol. The van der Waals surface area contributed by atoms with Gasteiger partial charge in [0.1, 0.15) is 0 Å². The van der Waals surface area contributed by atoms with Crippen molar-refractivity contribution in [2.45, 2.75) is 13.8 Å². The number of nitrogens with zero attached hydrogens (tertiary/aromatic N) is 1. The third-order valence-electron chi connectivity index (χ3n) is 3.40. The summed E-state index contributed by atoms with van der Waals surface area (Å²) in [6.07, 6.45) is 0. The maximum Gasteiger partial charge on any atom is 0.330 e. The molecule has 0 atom stereocenters. The fraction of sp³-hybridized carbons (Fsp3) is 0.125. The molecule has 7 heteroatoms. The van der Waals surface area contributed by atoms with Gasteiger partial charge in [-0.1, -0.05) is 17.2 Å². The van der Waals surface area contributed by atoms with Gasteiger partial charge in [0.2, 0.25) is 5.91 Å². The quantitative estimate of drug-likeness (QED) is 0.855. The van der Waals surface area contributed by atoms with E-state index in [2.05, 4.69) is 5.32 Å². The molecule has 0 saturated carbocycles. The van der Waals surface area contributed by atoms with Crippen LogP contribution in [0.5, 0.6) is 0 Å². The lowest BCUT2D eigenvalue weighted by Crippen LogP contribution is -2.41. The molecule has 1 aliphatic rings. The van der Waals surface area contributed by atoms with Gasteiger partial charge in [-0.15, -0.1) is 0 Å². The minimum Gasteiger partial charge on any atom is -0.330 e. The molecule has 0 fully saturated rings. The van der Waals surface area contributed by atoms with Gasteiger partial charge in [-0.25, -0.2) is 4.79 Å². The standard InChI is InChI=1S/C16H12N2O5/c1-8(19)17-13-7-6-12-14-10(13)4-3-5-11(14)15(21)18(16(12)22)23-9(2)20/h3-7H,1-2H3,(H,17,19). The molecule has 0 aromatic heterocycles. The van der Waals surface area contributed by atoms with Crippen molar-refractivity contribution in [1.82, 2.24) is 5.06 Å². The molecule has 1 aliphatic heterocycles. The first-order valence-corrected chi connectivity index (χ1v) is 6.81. The molecule has 1 N–H and O–H groups in total. The molecule has 3 rings (SSSR count). The number of hydrogen-bond donors (Lipinski definition) is 1. The number of amides is 3. The van der Waals surface area contributed by atoms with Crippen LogP contribution in [-0.2, 0) is 14.4 Å². The molecular weight excluding hydrogens is 300 g/mol. The van der Waals surface area contributed by atoms with Crippen molar-refractivity contribution < 1.29 is 24.0 Å². The summed E-state index contributed by atoms with van der Waals surface area (Å²) in [6, 6.07) is 7.93. The van der Waals surface area contributed by atoms with Crippen LogP contribution in [0, 0.1) is 0 Å². The Morgan fingerprint density at radius 2 is 1.65 bits per heavy atom. The highest BCUT2D eigenvalue weighted by atomic mass is 16.7. The SMILES string of the molecule is CC(=O)Nc1ccc2c3c(cccc13)C(=O)N(OC(C)=O)C2=O. The van der Waals surface area contributed by atoms with Gasteiger partial charge in [-0.2, -0.15) is 0 Å². The van der Waals surface area contributed by atoms with E-state index in [0.717, 1.165) is 6.92 Å². The molecule has 2 aromatic rings. The number of anilines is 1. The Bertz CT molecular complexity index is 865. The van der Waals surface area contributed by atoms with Gasteiger partial charge in [0.15, 0.2) is 0 Å². The summed E-state index contributed by atoms with van der Waals surface area (Å²) in [7, 11) is 0. The summed E-state index contributed by atoms with van der Waals surface area (Å²) < 4.78 is 0. The Kier molecular flexibility index (Phi) is 3.33. The molecule has 0 unspecified atom stereocenters. The van der Waals surface area contributed by atoms with Crippen LogP contribution < -0.4 is 5.32 Å². The van der Waals surface area contributed by atoms with Crippen molar-refractivity contribution in [3.63, 3.8) is 0 Å². The summed E-state index contributed by atoms with van der Waals surface area (Å²) in [6.45, 7) is 2.48. The third kappa shape index (κ3) is 2.32. The highest BCUT2D eigenvalue weighted by Crippen LogP contribution is 2.34. The van der Waals surface area contributed by atoms with Crippen LogP contribution in [-0.4, -0.2) is 28.8 Å². The second kappa shape index (κ2) is 5.20. The smallest absolute Gasteiger partial charge is 0.330 e. The third-order valence-corrected chi connectivity index (χ3v) is 3.40. The first-order valence-electron chi connectivity index (χ1n) is 6.81. The molecular formula is C16H12N2O5. The van der Waals surface area contributed by atoms with Gasteiger partial charge in [-0.3, -0.25) is 14.4 Å². The zero-order valence-electron chi connectivity index (χ0n) is 12.4. The average molecular weight is 312 g/mol. The molecule has 0 bridgehead atoms. The second-order valence-corrected chi connectivity index (χ2v) is 5.06. The predicted octanol–water partition coefficient (Wildman–Crippen LogP) is 1.87. The molecule has 23 heavy (non-hydrogen) atoms. The van der Waals surface area contributed by atoms with Gasteiger partial charge in [0.25, 0.3) is 11.8 Å². The van der Waals surface area contributed by atoms with E-state index in [0.29, 0.717) is 21.5 Å². The molecule has 0 spiro atoms. The number of nitrogens with one attached hydrogen (secondary N) is 1. The Balaban J connectivity index is 2.25. The van der Waals surface area contributed by atoms with Crippen LogP contribution >= 0.6 is 0 Å². The van der Waals surface area contributed by atoms with E-state index in [1.54, 1.807) is 18.2 Å². The van der Waals surface area contributed by atoms with Crippen molar-refractivity contribution in [3.05, 3.63) is 41.5 Å². The van der Waals surface area contributed by atoms with Crippen molar-refractivity contribution in [2.75, 3.05) is 5.32 Å². The first kappa shape index (κ1) is 14.7. The molecule has 3 amide bonds. The van der Waals surface area contributed by atoms with E-state index in [1.165, 1.54) is 19.1 Å². The number of carbonyl (C=O) groups excluding carboxylic acids is 4. The minimum absolute atomic E-state index is 0.227. The second-order valence-electron chi connectivity index (χ2n) is 5.06. The number of carbonyl (C=O) groups is 4. The Morgan fingerprint density at radius 3 is 2.26 bits per heavy atom. The Morgan fingerprint density at radius 1 is 1.00 bits per heavy atom. The van der Waals surface area contributed by atoms with E-state index in [9.17, 15) is 19.2 Å². The van der Waals surface area contributed by atoms with E-state index in [-0.39, 0.29) is 17.0 Å². The van der Waals surface area contributed by atoms with Gasteiger partial charge < -0.3 is 10.2 Å². The largest absolute Gasteiger partial charge is 0.330 e. The minimum atomic E-state index is -0.766. The lowest BCUT2D eigenvalue weighted by Gasteiger charge is -2.25. The number of imide groups is 1. The van der Waals surface area contributed by atoms with Crippen LogP contribution in [0.25, 0.3) is 10.8 Å². The summed E-state index contributed by atoms with van der Waals surface area (Å²) in [5.74, 6) is -2.47. The summed E-state index contributed by atoms with van der Waals surface area (Å²) >= 11 is 0. The zero-order chi connectivity index (χ0) is 16.7. The number of hydroxylamine groups is 2. The van der Waals surface area contributed by atoms with Gasteiger partial charge in [0, 0.05) is 30.3 Å². The normalized spacial score (nSPS) is 13.2. The number of rotatable bonds is 2. The molecule has 1 heterocycles. The number of hydrogen-bond acceptors (Lipinski definition) is 5. The van der Waals surface area contributed by atoms with Crippen LogP contribution in [0.4, 0.5) is 5.69 Å². The first-order chi connectivity index (χ1) is 10.9. The van der Waals surface area contributed by atoms with Crippen LogP contribution in [0.1, 0.15) is 34.6 Å². The molecule has 7 nitrogen and oxygen atoms in total. The highest BCUT2D eigenvalue weighted by Gasteiger charge is 2.35. The lowest BCUT2D eigenvalue weighted by atomic mass is 9.94. The molecule has 0 saturated heterocycles. The summed E-state index contributed by atoms with van der Waals surface area (Å²) in [4.78, 5) is 52.0. The van der Waals surface area contributed by atoms with Crippen molar-refractivity contribution in [1.29, 1.82) is 0 Å². The molecule has 2 aromatic carbocycles. The molecule has 116 valence electrons. The van der Waals surface area contributed by atoms with Gasteiger partial charge in [-0.05, 0) is 18.2 Å². The van der Waals surface area contributed by atoms with Gasteiger partial charge in [0.05, 0.1) is 11.1 Å². The lowest BCUT2D eigenvalue weighted by molar-refractivity contribution is -0.166. The zero-order valence-corrected chi connectivity index (χ0v) is 12.4. The van der Waals surface area contributed by atoms with Crippen molar-refractivity contribution in [3.8, 4) is 0 Å². The molecule has 0 radical (unpaired) electrons. The van der Waals surface area contributed by atoms with Crippen molar-refractivity contribution >= 4 is 40.2 Å². The average Bonchev–Trinajstić information content (AvgIpc) is 2.49. The van der Waals surface area contributed by atoms with Crippen molar-refractivity contribution in [2.24, 2.45) is 0 Å². The Hall–Kier alpha value is -3.22. The topological polar surface area (TPSA) is 92.8 Å². The van der Waals surface area contributed by atoms with E-state index in [4.69, 9.17) is 4.84 Å². The van der Waals surface area contributed by atoms with E-state index in [1.807, 2.05) is 0 Å². The summed E-state index contributed by atoms with van der Waals surface area (Å²) in [5, 5.41) is 4.12. The predicted molar refractivity (Wildman–Crippen MR) is 80.5 cm³/mol. The van der Waals surface area contributed by atoms with E-state index >= 15 is 0 Å². The highest BCUT2D eigenvalue weighted by molar-refractivity contribution is 6.26. The maximum absolute atomic E-state index is 12.4.